The minimum atomic E-state index is -1.62. The summed E-state index contributed by atoms with van der Waals surface area (Å²) < 4.78 is 6.47. The van der Waals surface area contributed by atoms with Gasteiger partial charge in [-0.25, -0.2) is 0 Å². The van der Waals surface area contributed by atoms with Gasteiger partial charge in [0, 0.05) is 6.61 Å². The van der Waals surface area contributed by atoms with Gasteiger partial charge >= 0.3 is 0 Å². The molecule has 1 rings (SSSR count). The minimum absolute atomic E-state index is 0.302. The summed E-state index contributed by atoms with van der Waals surface area (Å²) in [6.07, 6.45) is 2.34. The average Bonchev–Trinajstić information content (AvgIpc) is 2.82. The molecule has 0 spiro atoms. The fourth-order valence-corrected chi connectivity index (χ4v) is 7.51. The lowest BCUT2D eigenvalue weighted by atomic mass is 10.1. The Bertz CT molecular complexity index is 431. The van der Waals surface area contributed by atoms with Crippen LogP contribution in [-0.2, 0) is 4.43 Å². The molecule has 0 radical (unpaired) electrons. The van der Waals surface area contributed by atoms with Crippen LogP contribution in [0.3, 0.4) is 0 Å². The first-order valence-corrected chi connectivity index (χ1v) is 15.1. The first-order chi connectivity index (χ1) is 10.5. The maximum atomic E-state index is 6.47. The largest absolute Gasteiger partial charge is 0.417 e. The molecule has 1 nitrogen and oxygen atoms in total. The third kappa shape index (κ3) is 5.17. The lowest BCUT2D eigenvalue weighted by molar-refractivity contribution is 0.234. The topological polar surface area (TPSA) is 9.23 Å². The van der Waals surface area contributed by atoms with Gasteiger partial charge in [0.2, 0.25) is 0 Å². The van der Waals surface area contributed by atoms with Crippen molar-refractivity contribution in [2.45, 2.75) is 90.6 Å². The molecule has 3 heteroatoms. The van der Waals surface area contributed by atoms with Gasteiger partial charge < -0.3 is 4.43 Å². The molecule has 23 heavy (non-hydrogen) atoms. The van der Waals surface area contributed by atoms with Crippen molar-refractivity contribution >= 4 is 16.4 Å². The fourth-order valence-electron chi connectivity index (χ4n) is 3.25. The number of hydrogen-bond acceptors (Lipinski definition) is 1. The van der Waals surface area contributed by atoms with Crippen LogP contribution in [0.15, 0.2) is 23.4 Å². The molecule has 1 aliphatic carbocycles. The summed E-state index contributed by atoms with van der Waals surface area (Å²) in [6.45, 7) is 24.1. The molecule has 134 valence electrons. The summed E-state index contributed by atoms with van der Waals surface area (Å²) in [7, 11) is -2.82. The SMILES string of the molecule is C=C1CC(CO[Si](C)(C)C(C)(C)C)C/C1=C/[Si](CC)(CC)CC. The van der Waals surface area contributed by atoms with Crippen LogP contribution in [-0.4, -0.2) is 23.0 Å². The van der Waals surface area contributed by atoms with Gasteiger partial charge in [-0.1, -0.05) is 83.1 Å². The predicted molar refractivity (Wildman–Crippen MR) is 110 cm³/mol. The average molecular weight is 353 g/mol. The van der Waals surface area contributed by atoms with Gasteiger partial charge in [-0.05, 0) is 36.9 Å². The molecule has 1 saturated carbocycles. The van der Waals surface area contributed by atoms with Gasteiger partial charge in [-0.2, -0.15) is 0 Å². The first-order valence-electron chi connectivity index (χ1n) is 9.54. The maximum absolute atomic E-state index is 6.47. The molecule has 0 saturated heterocycles. The molecule has 0 heterocycles. The molecule has 1 unspecified atom stereocenters. The van der Waals surface area contributed by atoms with Crippen LogP contribution in [0.25, 0.3) is 0 Å². The Hall–Kier alpha value is -0.126. The second-order valence-corrected chi connectivity index (χ2v) is 19.0. The van der Waals surface area contributed by atoms with E-state index in [0.717, 1.165) is 13.0 Å². The number of hydrogen-bond donors (Lipinski definition) is 0. The predicted octanol–water partition coefficient (Wildman–Crippen LogP) is 6.95. The Kier molecular flexibility index (Phi) is 7.13. The minimum Gasteiger partial charge on any atom is -0.417 e. The molecule has 0 bridgehead atoms. The van der Waals surface area contributed by atoms with E-state index in [-0.39, 0.29) is 0 Å². The van der Waals surface area contributed by atoms with E-state index >= 15 is 0 Å². The van der Waals surface area contributed by atoms with E-state index in [9.17, 15) is 0 Å². The zero-order chi connectivity index (χ0) is 17.9. The quantitative estimate of drug-likeness (QED) is 0.450. The Morgan fingerprint density at radius 1 is 1.09 bits per heavy atom. The van der Waals surface area contributed by atoms with E-state index in [1.54, 1.807) is 5.57 Å². The van der Waals surface area contributed by atoms with E-state index in [4.69, 9.17) is 4.43 Å². The highest BCUT2D eigenvalue weighted by Crippen LogP contribution is 2.40. The highest BCUT2D eigenvalue weighted by atomic mass is 28.4. The molecule has 1 fully saturated rings. The third-order valence-electron chi connectivity index (χ3n) is 6.58. The van der Waals surface area contributed by atoms with Gasteiger partial charge in [0.05, 0.1) is 8.07 Å². The monoisotopic (exact) mass is 352 g/mol. The lowest BCUT2D eigenvalue weighted by Crippen LogP contribution is -2.41. The normalized spacial score (nSPS) is 22.2. The number of allylic oxidation sites excluding steroid dienone is 2. The fraction of sp³-hybridized carbons (Fsp3) is 0.800. The van der Waals surface area contributed by atoms with Gasteiger partial charge in [-0.15, -0.1) is 0 Å². The van der Waals surface area contributed by atoms with E-state index in [0.29, 0.717) is 11.0 Å². The van der Waals surface area contributed by atoms with Crippen LogP contribution in [0.2, 0.25) is 36.3 Å². The van der Waals surface area contributed by atoms with Crippen molar-refractivity contribution in [3.8, 4) is 0 Å². The smallest absolute Gasteiger partial charge is 0.191 e. The molecule has 0 aromatic heterocycles. The molecule has 0 amide bonds. The van der Waals surface area contributed by atoms with Crippen LogP contribution in [0.5, 0.6) is 0 Å². The third-order valence-corrected chi connectivity index (χ3v) is 16.3. The molecule has 1 aliphatic rings. The molecular weight excluding hydrogens is 312 g/mol. The van der Waals surface area contributed by atoms with Crippen molar-refractivity contribution in [1.82, 2.24) is 0 Å². The van der Waals surface area contributed by atoms with Crippen LogP contribution >= 0.6 is 0 Å². The Morgan fingerprint density at radius 3 is 2.04 bits per heavy atom. The summed E-state index contributed by atoms with van der Waals surface area (Å²) in [4.78, 5) is 0. The number of rotatable bonds is 7. The van der Waals surface area contributed by atoms with E-state index in [1.807, 2.05) is 0 Å². The van der Waals surface area contributed by atoms with E-state index < -0.39 is 16.4 Å². The summed E-state index contributed by atoms with van der Waals surface area (Å²) >= 11 is 0. The van der Waals surface area contributed by atoms with Crippen molar-refractivity contribution in [2.24, 2.45) is 5.92 Å². The molecule has 0 N–H and O–H groups in total. The molecule has 0 aromatic carbocycles. The molecule has 0 aromatic rings. The standard InChI is InChI=1S/C20H40OSi2/c1-10-23(11-2,12-3)16-19-14-18(13-17(19)4)15-21-22(8,9)20(5,6)7/h16,18H,4,10-15H2,1-3,5-9H3/b19-16-. The summed E-state index contributed by atoms with van der Waals surface area (Å²) in [5.74, 6) is 0.653. The van der Waals surface area contributed by atoms with Crippen LogP contribution in [0.4, 0.5) is 0 Å². The summed E-state index contributed by atoms with van der Waals surface area (Å²) in [5, 5.41) is 0.302. The first kappa shape index (κ1) is 20.9. The van der Waals surface area contributed by atoms with Crippen molar-refractivity contribution in [1.29, 1.82) is 0 Å². The molecule has 0 aliphatic heterocycles. The highest BCUT2D eigenvalue weighted by Gasteiger charge is 2.38. The zero-order valence-electron chi connectivity index (χ0n) is 17.0. The van der Waals surface area contributed by atoms with E-state index in [2.05, 4.69) is 66.9 Å². The Balaban J connectivity index is 2.75. The molecule has 1 atom stereocenters. The van der Waals surface area contributed by atoms with Gasteiger partial charge in [-0.3, -0.25) is 0 Å². The summed E-state index contributed by atoms with van der Waals surface area (Å²) in [5.41, 5.74) is 5.66. The highest BCUT2D eigenvalue weighted by molar-refractivity contribution is 6.84. The van der Waals surface area contributed by atoms with E-state index in [1.165, 1.54) is 30.1 Å². The van der Waals surface area contributed by atoms with Crippen molar-refractivity contribution in [3.63, 3.8) is 0 Å². The van der Waals surface area contributed by atoms with Crippen LogP contribution in [0, 0.1) is 5.92 Å². The zero-order valence-corrected chi connectivity index (χ0v) is 19.0. The van der Waals surface area contributed by atoms with Gasteiger partial charge in [0.15, 0.2) is 8.32 Å². The van der Waals surface area contributed by atoms with Crippen molar-refractivity contribution < 1.29 is 4.43 Å². The Labute approximate surface area is 147 Å². The van der Waals surface area contributed by atoms with Crippen LogP contribution in [0.1, 0.15) is 54.4 Å². The Morgan fingerprint density at radius 2 is 1.61 bits per heavy atom. The molecular formula is C20H40OSi2. The maximum Gasteiger partial charge on any atom is 0.191 e. The van der Waals surface area contributed by atoms with Crippen molar-refractivity contribution in [2.75, 3.05) is 6.61 Å². The second kappa shape index (κ2) is 7.84. The van der Waals surface area contributed by atoms with Gasteiger partial charge in [0.25, 0.3) is 0 Å². The van der Waals surface area contributed by atoms with Crippen molar-refractivity contribution in [3.05, 3.63) is 23.4 Å². The summed E-state index contributed by atoms with van der Waals surface area (Å²) in [6, 6.07) is 4.09. The van der Waals surface area contributed by atoms with Crippen LogP contribution < -0.4 is 0 Å². The van der Waals surface area contributed by atoms with Gasteiger partial charge in [0.1, 0.15) is 0 Å². The lowest BCUT2D eigenvalue weighted by Gasteiger charge is -2.37. The second-order valence-electron chi connectivity index (χ2n) is 9.04.